The minimum atomic E-state index is 0.0510. The second kappa shape index (κ2) is 7.48. The Morgan fingerprint density at radius 2 is 1.89 bits per heavy atom. The lowest BCUT2D eigenvalue weighted by Crippen LogP contribution is -2.40. The van der Waals surface area contributed by atoms with Crippen LogP contribution in [-0.4, -0.2) is 39.5 Å². The Morgan fingerprint density at radius 1 is 1.11 bits per heavy atom. The summed E-state index contributed by atoms with van der Waals surface area (Å²) in [5, 5.41) is 8.02. The van der Waals surface area contributed by atoms with Crippen molar-refractivity contribution in [2.75, 3.05) is 25.1 Å². The molecule has 3 heterocycles. The standard InChI is InChI=1S/C21H25N5O/c1-16-12-17(2)26(25-16)20-14-22-13-19(24-20)23-15-21(8-10-27-11-9-21)18-6-4-3-5-7-18/h3-7,12-14H,8-11,15H2,1-2H3,(H,23,24). The maximum Gasteiger partial charge on any atom is 0.174 e. The van der Waals surface area contributed by atoms with E-state index in [9.17, 15) is 0 Å². The van der Waals surface area contributed by atoms with Gasteiger partial charge in [-0.15, -0.1) is 0 Å². The van der Waals surface area contributed by atoms with Gasteiger partial charge in [0.25, 0.3) is 0 Å². The van der Waals surface area contributed by atoms with Gasteiger partial charge < -0.3 is 10.1 Å². The van der Waals surface area contributed by atoms with Crippen LogP contribution in [-0.2, 0) is 10.2 Å². The van der Waals surface area contributed by atoms with Gasteiger partial charge in [0.15, 0.2) is 5.82 Å². The largest absolute Gasteiger partial charge is 0.381 e. The van der Waals surface area contributed by atoms with Crippen molar-refractivity contribution in [3.8, 4) is 5.82 Å². The maximum atomic E-state index is 5.62. The molecule has 0 aliphatic carbocycles. The highest BCUT2D eigenvalue weighted by atomic mass is 16.5. The molecule has 0 spiro atoms. The lowest BCUT2D eigenvalue weighted by Gasteiger charge is -2.38. The summed E-state index contributed by atoms with van der Waals surface area (Å²) in [6, 6.07) is 12.7. The molecule has 1 aliphatic rings. The van der Waals surface area contributed by atoms with Crippen molar-refractivity contribution < 1.29 is 4.74 Å². The van der Waals surface area contributed by atoms with Gasteiger partial charge in [0.2, 0.25) is 0 Å². The van der Waals surface area contributed by atoms with Gasteiger partial charge in [0.1, 0.15) is 5.82 Å². The first-order valence-corrected chi connectivity index (χ1v) is 9.39. The zero-order valence-electron chi connectivity index (χ0n) is 15.9. The third kappa shape index (κ3) is 3.71. The maximum absolute atomic E-state index is 5.62. The number of hydrogen-bond acceptors (Lipinski definition) is 5. The van der Waals surface area contributed by atoms with Gasteiger partial charge in [0.05, 0.1) is 18.1 Å². The van der Waals surface area contributed by atoms with E-state index in [-0.39, 0.29) is 5.41 Å². The average Bonchev–Trinajstić information content (AvgIpc) is 3.06. The van der Waals surface area contributed by atoms with Crippen LogP contribution >= 0.6 is 0 Å². The number of nitrogens with one attached hydrogen (secondary N) is 1. The fourth-order valence-electron chi connectivity index (χ4n) is 3.78. The molecular weight excluding hydrogens is 338 g/mol. The molecule has 0 radical (unpaired) electrons. The van der Waals surface area contributed by atoms with Crippen LogP contribution in [0.2, 0.25) is 0 Å². The molecule has 27 heavy (non-hydrogen) atoms. The van der Waals surface area contributed by atoms with Gasteiger partial charge in [-0.05, 0) is 38.3 Å². The number of aryl methyl sites for hydroxylation is 2. The van der Waals surface area contributed by atoms with Crippen molar-refractivity contribution in [3.05, 3.63) is 65.7 Å². The Morgan fingerprint density at radius 3 is 2.59 bits per heavy atom. The van der Waals surface area contributed by atoms with E-state index in [0.717, 1.165) is 55.6 Å². The lowest BCUT2D eigenvalue weighted by molar-refractivity contribution is 0.0543. The predicted molar refractivity (Wildman–Crippen MR) is 105 cm³/mol. The molecule has 2 aromatic heterocycles. The van der Waals surface area contributed by atoms with Crippen LogP contribution in [0.1, 0.15) is 29.8 Å². The molecule has 0 atom stereocenters. The summed E-state index contributed by atoms with van der Waals surface area (Å²) in [4.78, 5) is 9.08. The predicted octanol–water partition coefficient (Wildman–Crippen LogP) is 3.44. The van der Waals surface area contributed by atoms with Gasteiger partial charge in [-0.1, -0.05) is 30.3 Å². The smallest absolute Gasteiger partial charge is 0.174 e. The molecule has 3 aromatic rings. The Labute approximate surface area is 159 Å². The Kier molecular flexibility index (Phi) is 4.90. The van der Waals surface area contributed by atoms with E-state index >= 15 is 0 Å². The number of anilines is 1. The molecule has 1 aromatic carbocycles. The molecule has 1 N–H and O–H groups in total. The average molecular weight is 363 g/mol. The van der Waals surface area contributed by atoms with E-state index in [4.69, 9.17) is 9.72 Å². The lowest BCUT2D eigenvalue weighted by atomic mass is 9.74. The number of nitrogens with zero attached hydrogens (tertiary/aromatic N) is 4. The summed E-state index contributed by atoms with van der Waals surface area (Å²) in [7, 11) is 0. The van der Waals surface area contributed by atoms with E-state index in [1.807, 2.05) is 24.6 Å². The summed E-state index contributed by atoms with van der Waals surface area (Å²) in [6.45, 7) is 6.37. The highest BCUT2D eigenvalue weighted by Crippen LogP contribution is 2.35. The number of rotatable bonds is 5. The highest BCUT2D eigenvalue weighted by Gasteiger charge is 2.34. The van der Waals surface area contributed by atoms with Crippen molar-refractivity contribution in [3.63, 3.8) is 0 Å². The Bertz CT molecular complexity index is 900. The molecule has 0 amide bonds. The van der Waals surface area contributed by atoms with E-state index in [2.05, 4.69) is 45.7 Å². The molecule has 6 nitrogen and oxygen atoms in total. The van der Waals surface area contributed by atoms with Gasteiger partial charge >= 0.3 is 0 Å². The Balaban J connectivity index is 1.56. The minimum absolute atomic E-state index is 0.0510. The second-order valence-corrected chi connectivity index (χ2v) is 7.21. The van der Waals surface area contributed by atoms with E-state index in [0.29, 0.717) is 0 Å². The molecule has 140 valence electrons. The third-order valence-electron chi connectivity index (χ3n) is 5.29. The molecule has 1 fully saturated rings. The summed E-state index contributed by atoms with van der Waals surface area (Å²) in [5.74, 6) is 1.49. The van der Waals surface area contributed by atoms with Crippen molar-refractivity contribution in [1.29, 1.82) is 0 Å². The SMILES string of the molecule is Cc1cc(C)n(-c2cncc(NCC3(c4ccccc4)CCOCC3)n2)n1. The van der Waals surface area contributed by atoms with Gasteiger partial charge in [-0.2, -0.15) is 5.10 Å². The number of hydrogen-bond donors (Lipinski definition) is 1. The number of benzene rings is 1. The van der Waals surface area contributed by atoms with Gasteiger partial charge in [0, 0.05) is 30.9 Å². The zero-order chi connectivity index (χ0) is 18.7. The number of ether oxygens (including phenoxy) is 1. The third-order valence-corrected chi connectivity index (χ3v) is 5.29. The van der Waals surface area contributed by atoms with Gasteiger partial charge in [-0.25, -0.2) is 9.67 Å². The molecular formula is C21H25N5O. The Hall–Kier alpha value is -2.73. The molecule has 6 heteroatoms. The monoisotopic (exact) mass is 363 g/mol. The van der Waals surface area contributed by atoms with Crippen LogP contribution in [0, 0.1) is 13.8 Å². The first kappa shape index (κ1) is 17.7. The van der Waals surface area contributed by atoms with Crippen LogP contribution in [0.5, 0.6) is 0 Å². The second-order valence-electron chi connectivity index (χ2n) is 7.21. The van der Waals surface area contributed by atoms with Crippen molar-refractivity contribution in [1.82, 2.24) is 19.7 Å². The summed E-state index contributed by atoms with van der Waals surface area (Å²) in [5.41, 5.74) is 3.42. The molecule has 4 rings (SSSR count). The minimum Gasteiger partial charge on any atom is -0.381 e. The van der Waals surface area contributed by atoms with Crippen molar-refractivity contribution in [2.24, 2.45) is 0 Å². The van der Waals surface area contributed by atoms with Crippen LogP contribution < -0.4 is 5.32 Å². The first-order valence-electron chi connectivity index (χ1n) is 9.39. The van der Waals surface area contributed by atoms with Crippen molar-refractivity contribution >= 4 is 5.82 Å². The van der Waals surface area contributed by atoms with Gasteiger partial charge in [-0.3, -0.25) is 4.98 Å². The quantitative estimate of drug-likeness (QED) is 0.752. The summed E-state index contributed by atoms with van der Waals surface area (Å²) < 4.78 is 7.45. The molecule has 0 bridgehead atoms. The van der Waals surface area contributed by atoms with Crippen LogP contribution in [0.3, 0.4) is 0 Å². The van der Waals surface area contributed by atoms with E-state index in [1.165, 1.54) is 5.56 Å². The first-order chi connectivity index (χ1) is 13.2. The fourth-order valence-corrected chi connectivity index (χ4v) is 3.78. The zero-order valence-corrected chi connectivity index (χ0v) is 15.9. The van der Waals surface area contributed by atoms with Crippen LogP contribution in [0.4, 0.5) is 5.82 Å². The molecule has 1 aliphatic heterocycles. The van der Waals surface area contributed by atoms with E-state index in [1.54, 1.807) is 12.4 Å². The molecule has 1 saturated heterocycles. The van der Waals surface area contributed by atoms with Crippen LogP contribution in [0.25, 0.3) is 5.82 Å². The molecule has 0 unspecified atom stereocenters. The molecule has 0 saturated carbocycles. The topological polar surface area (TPSA) is 64.9 Å². The normalized spacial score (nSPS) is 16.2. The number of aromatic nitrogens is 4. The highest BCUT2D eigenvalue weighted by molar-refractivity contribution is 5.39. The fraction of sp³-hybridized carbons (Fsp3) is 0.381. The summed E-state index contributed by atoms with van der Waals surface area (Å²) in [6.07, 6.45) is 5.50. The van der Waals surface area contributed by atoms with Crippen LogP contribution in [0.15, 0.2) is 48.8 Å². The van der Waals surface area contributed by atoms with E-state index < -0.39 is 0 Å². The van der Waals surface area contributed by atoms with Crippen molar-refractivity contribution in [2.45, 2.75) is 32.1 Å². The summed E-state index contributed by atoms with van der Waals surface area (Å²) >= 11 is 0.